The molecule has 0 amide bonds. The van der Waals surface area contributed by atoms with Gasteiger partial charge in [-0.15, -0.1) is 0 Å². The smallest absolute Gasteiger partial charge is 0.166 e. The highest BCUT2D eigenvalue weighted by molar-refractivity contribution is 6.09. The van der Waals surface area contributed by atoms with Crippen LogP contribution in [-0.4, -0.2) is 51.3 Å². The van der Waals surface area contributed by atoms with Crippen LogP contribution < -0.4 is 16.2 Å². The van der Waals surface area contributed by atoms with Gasteiger partial charge in [-0.05, 0) is 49.9 Å². The molecule has 2 heterocycles. The Bertz CT molecular complexity index is 1160. The average Bonchev–Trinajstić information content (AvgIpc) is 3.58. The van der Waals surface area contributed by atoms with Gasteiger partial charge in [0.25, 0.3) is 0 Å². The van der Waals surface area contributed by atoms with Gasteiger partial charge in [-0.1, -0.05) is 11.8 Å². The molecular weight excluding hydrogens is 437 g/mol. The van der Waals surface area contributed by atoms with Gasteiger partial charge in [0.1, 0.15) is 18.0 Å². The predicted octanol–water partition coefficient (Wildman–Crippen LogP) is 2.48. The Morgan fingerprint density at radius 1 is 1.32 bits per heavy atom. The first-order valence-corrected chi connectivity index (χ1v) is 11.2. The molecule has 0 bridgehead atoms. The molecule has 1 saturated carbocycles. The summed E-state index contributed by atoms with van der Waals surface area (Å²) < 4.78 is 20.1. The van der Waals surface area contributed by atoms with Crippen LogP contribution >= 0.6 is 0 Å². The van der Waals surface area contributed by atoms with Crippen LogP contribution in [0.15, 0.2) is 41.7 Å². The molecule has 9 heteroatoms. The maximum absolute atomic E-state index is 14.3. The zero-order chi connectivity index (χ0) is 24.1. The number of hydrogen-bond donors (Lipinski definition) is 4. The summed E-state index contributed by atoms with van der Waals surface area (Å²) in [7, 11) is 0. The molecule has 1 aliphatic carbocycles. The number of allylic oxidation sites excluding steroid dienone is 1. The van der Waals surface area contributed by atoms with Crippen LogP contribution in [0.2, 0.25) is 0 Å². The summed E-state index contributed by atoms with van der Waals surface area (Å²) in [6.45, 7) is 1.08. The number of pyridine rings is 1. The maximum Gasteiger partial charge on any atom is 0.166 e. The van der Waals surface area contributed by atoms with E-state index in [0.717, 1.165) is 12.8 Å². The number of aliphatic imine (C=N–C) groups is 1. The molecule has 1 aromatic heterocycles. The van der Waals surface area contributed by atoms with E-state index < -0.39 is 11.4 Å². The Kier molecular flexibility index (Phi) is 7.12. The quantitative estimate of drug-likeness (QED) is 0.381. The fraction of sp³-hybridized carbons (Fsp3) is 0.360. The molecule has 0 spiro atoms. The number of anilines is 1. The molecule has 8 nitrogen and oxygen atoms in total. The van der Waals surface area contributed by atoms with Gasteiger partial charge in [0.15, 0.2) is 11.6 Å². The average molecular weight is 466 g/mol. The van der Waals surface area contributed by atoms with Crippen LogP contribution in [0, 0.1) is 17.7 Å². The number of rotatable bonds is 6. The van der Waals surface area contributed by atoms with Crippen LogP contribution in [-0.2, 0) is 6.61 Å². The normalized spacial score (nSPS) is 18.5. The molecule has 2 aliphatic rings. The first-order valence-electron chi connectivity index (χ1n) is 11.2. The second-order valence-corrected chi connectivity index (χ2v) is 8.57. The minimum Gasteiger partial charge on any atom is -0.485 e. The van der Waals surface area contributed by atoms with E-state index in [0.29, 0.717) is 53.9 Å². The van der Waals surface area contributed by atoms with E-state index in [1.54, 1.807) is 30.6 Å². The van der Waals surface area contributed by atoms with E-state index in [-0.39, 0.29) is 18.5 Å². The first kappa shape index (κ1) is 23.7. The van der Waals surface area contributed by atoms with E-state index in [2.05, 4.69) is 21.8 Å². The minimum absolute atomic E-state index is 0.0730. The Hall–Kier alpha value is -3.45. The molecule has 1 aromatic carbocycles. The fourth-order valence-electron chi connectivity index (χ4n) is 3.48. The summed E-state index contributed by atoms with van der Waals surface area (Å²) in [5.74, 6) is 5.73. The lowest BCUT2D eigenvalue weighted by Crippen LogP contribution is -2.32. The second kappa shape index (κ2) is 10.2. The summed E-state index contributed by atoms with van der Waals surface area (Å²) in [6.07, 6.45) is 7.52. The van der Waals surface area contributed by atoms with Crippen molar-refractivity contribution < 1.29 is 19.4 Å². The molecule has 0 unspecified atom stereocenters. The topological polar surface area (TPSA) is 130 Å². The molecule has 4 rings (SSSR count). The highest BCUT2D eigenvalue weighted by Crippen LogP contribution is 2.34. The van der Waals surface area contributed by atoms with Crippen LogP contribution in [0.4, 0.5) is 10.2 Å². The third-order valence-corrected chi connectivity index (χ3v) is 5.85. The van der Waals surface area contributed by atoms with Crippen molar-refractivity contribution in [3.63, 3.8) is 0 Å². The van der Waals surface area contributed by atoms with E-state index in [4.69, 9.17) is 16.2 Å². The Balaban J connectivity index is 1.45. The van der Waals surface area contributed by atoms with Crippen molar-refractivity contribution >= 4 is 17.6 Å². The Morgan fingerprint density at radius 2 is 2.09 bits per heavy atom. The van der Waals surface area contributed by atoms with Crippen LogP contribution in [0.25, 0.3) is 5.57 Å². The Labute approximate surface area is 197 Å². The third-order valence-electron chi connectivity index (χ3n) is 5.85. The van der Waals surface area contributed by atoms with Gasteiger partial charge in [0.05, 0.1) is 6.04 Å². The van der Waals surface area contributed by atoms with E-state index >= 15 is 0 Å². The van der Waals surface area contributed by atoms with Crippen molar-refractivity contribution in [3.05, 3.63) is 59.2 Å². The number of benzene rings is 1. The van der Waals surface area contributed by atoms with Gasteiger partial charge < -0.3 is 26.5 Å². The molecular formula is C25H28FN5O3. The molecule has 2 aromatic rings. The number of halogens is 1. The number of aromatic nitrogens is 1. The number of piperidine rings is 1. The summed E-state index contributed by atoms with van der Waals surface area (Å²) >= 11 is 0. The largest absolute Gasteiger partial charge is 0.485 e. The highest BCUT2D eigenvalue weighted by atomic mass is 19.1. The number of hydroxylamine groups is 2. The highest BCUT2D eigenvalue weighted by Gasteiger charge is 2.38. The fourth-order valence-corrected chi connectivity index (χ4v) is 3.48. The lowest BCUT2D eigenvalue weighted by atomic mass is 10.1. The summed E-state index contributed by atoms with van der Waals surface area (Å²) in [6, 6.07) is 6.28. The zero-order valence-corrected chi connectivity index (χ0v) is 18.7. The SMILES string of the molecule is NC=C(C=NC1CCN(O)CC1)c1cnc(N)c(OCc2cc(C#CC3(O)CC3)ccc2F)c1. The molecule has 34 heavy (non-hydrogen) atoms. The second-order valence-electron chi connectivity index (χ2n) is 8.57. The lowest BCUT2D eigenvalue weighted by Gasteiger charge is -2.24. The van der Waals surface area contributed by atoms with Gasteiger partial charge >= 0.3 is 0 Å². The molecule has 178 valence electrons. The van der Waals surface area contributed by atoms with E-state index in [9.17, 15) is 14.7 Å². The Morgan fingerprint density at radius 3 is 2.79 bits per heavy atom. The standard InChI is InChI=1S/C25H28FN5O3/c26-22-2-1-17(3-6-25(32)7-8-25)11-19(22)16-34-23-12-18(14-30-24(23)28)20(13-27)15-29-21-4-9-31(33)10-5-21/h1-2,11-15,21,32-33H,4-5,7-10,16,27H2,(H2,28,30). The van der Waals surface area contributed by atoms with Crippen LogP contribution in [0.3, 0.4) is 0 Å². The van der Waals surface area contributed by atoms with Gasteiger partial charge in [-0.2, -0.15) is 5.06 Å². The monoisotopic (exact) mass is 465 g/mol. The van der Waals surface area contributed by atoms with Gasteiger partial charge in [-0.25, -0.2) is 9.37 Å². The minimum atomic E-state index is -0.903. The number of aliphatic hydroxyl groups is 1. The number of ether oxygens (including phenoxy) is 1. The molecule has 1 aliphatic heterocycles. The number of nitrogen functional groups attached to an aromatic ring is 1. The molecule has 0 atom stereocenters. The summed E-state index contributed by atoms with van der Waals surface area (Å²) in [5.41, 5.74) is 13.1. The van der Waals surface area contributed by atoms with E-state index in [1.165, 1.54) is 17.3 Å². The predicted molar refractivity (Wildman–Crippen MR) is 127 cm³/mol. The first-order chi connectivity index (χ1) is 16.3. The molecule has 0 radical (unpaired) electrons. The van der Waals surface area contributed by atoms with Crippen LogP contribution in [0.1, 0.15) is 42.4 Å². The third kappa shape index (κ3) is 6.11. The molecule has 6 N–H and O–H groups in total. The number of hydrogen-bond acceptors (Lipinski definition) is 8. The molecule has 1 saturated heterocycles. The summed E-state index contributed by atoms with van der Waals surface area (Å²) in [5, 5.41) is 20.7. The summed E-state index contributed by atoms with van der Waals surface area (Å²) in [4.78, 5) is 8.76. The van der Waals surface area contributed by atoms with Gasteiger partial charge in [0.2, 0.25) is 0 Å². The number of nitrogens with two attached hydrogens (primary N) is 2. The van der Waals surface area contributed by atoms with Crippen molar-refractivity contribution in [2.75, 3.05) is 18.8 Å². The van der Waals surface area contributed by atoms with E-state index in [1.807, 2.05) is 0 Å². The van der Waals surface area contributed by atoms with Crippen molar-refractivity contribution in [3.8, 4) is 17.6 Å². The number of nitrogens with zero attached hydrogens (tertiary/aromatic N) is 3. The molecule has 2 fully saturated rings. The van der Waals surface area contributed by atoms with Gasteiger partial charge in [0, 0.05) is 54.0 Å². The zero-order valence-electron chi connectivity index (χ0n) is 18.7. The lowest BCUT2D eigenvalue weighted by molar-refractivity contribution is -0.105. The van der Waals surface area contributed by atoms with Crippen molar-refractivity contribution in [2.24, 2.45) is 10.7 Å². The van der Waals surface area contributed by atoms with Crippen molar-refractivity contribution in [1.82, 2.24) is 10.0 Å². The van der Waals surface area contributed by atoms with Gasteiger partial charge in [-0.3, -0.25) is 4.99 Å². The van der Waals surface area contributed by atoms with Crippen molar-refractivity contribution in [2.45, 2.75) is 43.9 Å². The van der Waals surface area contributed by atoms with Crippen LogP contribution in [0.5, 0.6) is 5.75 Å². The maximum atomic E-state index is 14.3. The van der Waals surface area contributed by atoms with Crippen molar-refractivity contribution in [1.29, 1.82) is 0 Å².